The summed E-state index contributed by atoms with van der Waals surface area (Å²) in [4.78, 5) is 13.3. The van der Waals surface area contributed by atoms with E-state index >= 15 is 0 Å². The molecule has 2 aromatic rings. The molecule has 13 heteroatoms. The Hall–Kier alpha value is -3.02. The third-order valence-electron chi connectivity index (χ3n) is 5.56. The van der Waals surface area contributed by atoms with Gasteiger partial charge < -0.3 is 9.84 Å². The highest BCUT2D eigenvalue weighted by molar-refractivity contribution is 7.89. The standard InChI is InChI=1S/C22H26N4O7S2/c1-34(29,30)26-12-10-25(11-13-26)21(22(27)28)15-24-35(31,32)20-8-6-19(7-9-20)33-16-18-4-2-17(14-23)3-5-18/h2-9,21,24H,10-13,15-16H2,1H3,(H,27,28). The molecule has 1 heterocycles. The first-order chi connectivity index (χ1) is 16.5. The number of hydrogen-bond acceptors (Lipinski definition) is 8. The molecule has 11 nitrogen and oxygen atoms in total. The van der Waals surface area contributed by atoms with Crippen molar-refractivity contribution in [3.63, 3.8) is 0 Å². The van der Waals surface area contributed by atoms with Crippen LogP contribution in [0.15, 0.2) is 53.4 Å². The van der Waals surface area contributed by atoms with Crippen molar-refractivity contribution in [2.45, 2.75) is 17.5 Å². The van der Waals surface area contributed by atoms with Crippen LogP contribution >= 0.6 is 0 Å². The van der Waals surface area contributed by atoms with E-state index < -0.39 is 32.1 Å². The van der Waals surface area contributed by atoms with Crippen LogP contribution in [-0.4, -0.2) is 82.1 Å². The molecule has 35 heavy (non-hydrogen) atoms. The van der Waals surface area contributed by atoms with E-state index in [1.54, 1.807) is 29.2 Å². The molecule has 0 bridgehead atoms. The number of nitrogens with zero attached hydrogens (tertiary/aromatic N) is 3. The van der Waals surface area contributed by atoms with Crippen molar-refractivity contribution in [3.8, 4) is 11.8 Å². The monoisotopic (exact) mass is 522 g/mol. The number of sulfonamides is 2. The van der Waals surface area contributed by atoms with E-state index in [-0.39, 0.29) is 44.2 Å². The lowest BCUT2D eigenvalue weighted by Crippen LogP contribution is -2.56. The summed E-state index contributed by atoms with van der Waals surface area (Å²) >= 11 is 0. The molecule has 1 aliphatic rings. The van der Waals surface area contributed by atoms with Gasteiger partial charge in [0.05, 0.1) is 22.8 Å². The highest BCUT2D eigenvalue weighted by Crippen LogP contribution is 2.18. The van der Waals surface area contributed by atoms with Crippen LogP contribution in [0.5, 0.6) is 5.75 Å². The molecule has 2 N–H and O–H groups in total. The smallest absolute Gasteiger partial charge is 0.322 e. The van der Waals surface area contributed by atoms with Gasteiger partial charge in [0.25, 0.3) is 0 Å². The zero-order valence-electron chi connectivity index (χ0n) is 19.0. The molecule has 0 spiro atoms. The first-order valence-corrected chi connectivity index (χ1v) is 14.0. The molecule has 0 aromatic heterocycles. The summed E-state index contributed by atoms with van der Waals surface area (Å²) in [7, 11) is -7.35. The Kier molecular flexibility index (Phi) is 8.47. The molecule has 3 rings (SSSR count). The predicted molar refractivity (Wildman–Crippen MR) is 127 cm³/mol. The van der Waals surface area contributed by atoms with Crippen LogP contribution in [-0.2, 0) is 31.4 Å². The second kappa shape index (κ2) is 11.1. The van der Waals surface area contributed by atoms with E-state index in [2.05, 4.69) is 4.72 Å². The Bertz CT molecular complexity index is 1280. The van der Waals surface area contributed by atoms with E-state index in [1.165, 1.54) is 28.6 Å². The lowest BCUT2D eigenvalue weighted by molar-refractivity contribution is -0.143. The summed E-state index contributed by atoms with van der Waals surface area (Å²) in [6.07, 6.45) is 1.09. The number of nitriles is 1. The predicted octanol–water partition coefficient (Wildman–Crippen LogP) is 0.446. The van der Waals surface area contributed by atoms with Gasteiger partial charge in [-0.2, -0.15) is 9.57 Å². The minimum Gasteiger partial charge on any atom is -0.489 e. The largest absolute Gasteiger partial charge is 0.489 e. The first-order valence-electron chi connectivity index (χ1n) is 10.6. The molecule has 1 saturated heterocycles. The van der Waals surface area contributed by atoms with Gasteiger partial charge in [-0.1, -0.05) is 12.1 Å². The quantitative estimate of drug-likeness (QED) is 0.452. The molecule has 1 unspecified atom stereocenters. The van der Waals surface area contributed by atoms with Crippen molar-refractivity contribution >= 4 is 26.0 Å². The summed E-state index contributed by atoms with van der Waals surface area (Å²) in [5, 5.41) is 18.4. The topological polar surface area (TPSA) is 157 Å². The third kappa shape index (κ3) is 7.23. The van der Waals surface area contributed by atoms with Crippen molar-refractivity contribution < 1.29 is 31.5 Å². The van der Waals surface area contributed by atoms with Crippen molar-refractivity contribution in [2.24, 2.45) is 0 Å². The fourth-order valence-electron chi connectivity index (χ4n) is 3.55. The van der Waals surface area contributed by atoms with Crippen molar-refractivity contribution in [1.29, 1.82) is 5.26 Å². The second-order valence-corrected chi connectivity index (χ2v) is 11.7. The Labute approximate surface area is 204 Å². The van der Waals surface area contributed by atoms with Gasteiger partial charge in [0.1, 0.15) is 18.4 Å². The Balaban J connectivity index is 1.57. The maximum atomic E-state index is 12.7. The molecule has 1 atom stereocenters. The van der Waals surface area contributed by atoms with Gasteiger partial charge in [-0.25, -0.2) is 21.6 Å². The Morgan fingerprint density at radius 3 is 2.17 bits per heavy atom. The fraction of sp³-hybridized carbons (Fsp3) is 0.364. The summed E-state index contributed by atoms with van der Waals surface area (Å²) in [6.45, 7) is 0.503. The number of carboxylic acids is 1. The number of ether oxygens (including phenoxy) is 1. The van der Waals surface area contributed by atoms with E-state index in [1.807, 2.05) is 6.07 Å². The summed E-state index contributed by atoms with van der Waals surface area (Å²) < 4.78 is 57.9. The number of rotatable bonds is 10. The lowest BCUT2D eigenvalue weighted by atomic mass is 10.2. The van der Waals surface area contributed by atoms with Gasteiger partial charge in [-0.05, 0) is 42.0 Å². The van der Waals surface area contributed by atoms with Crippen LogP contribution in [0.3, 0.4) is 0 Å². The van der Waals surface area contributed by atoms with Gasteiger partial charge in [0.2, 0.25) is 20.0 Å². The molecular weight excluding hydrogens is 496 g/mol. The molecule has 1 fully saturated rings. The van der Waals surface area contributed by atoms with E-state index in [0.717, 1.165) is 11.8 Å². The fourth-order valence-corrected chi connectivity index (χ4v) is 5.41. The normalized spacial score (nSPS) is 16.3. The van der Waals surface area contributed by atoms with Crippen LogP contribution in [0, 0.1) is 11.3 Å². The van der Waals surface area contributed by atoms with Crippen LogP contribution in [0.1, 0.15) is 11.1 Å². The van der Waals surface area contributed by atoms with Gasteiger partial charge in [-0.15, -0.1) is 0 Å². The number of carbonyl (C=O) groups is 1. The number of carboxylic acid groups (broad SMARTS) is 1. The van der Waals surface area contributed by atoms with Gasteiger partial charge in [-0.3, -0.25) is 9.69 Å². The summed E-state index contributed by atoms with van der Waals surface area (Å²) in [5.74, 6) is -0.757. The first kappa shape index (κ1) is 26.6. The average Bonchev–Trinajstić information content (AvgIpc) is 2.83. The lowest BCUT2D eigenvalue weighted by Gasteiger charge is -2.36. The van der Waals surface area contributed by atoms with E-state index in [9.17, 15) is 26.7 Å². The molecule has 0 amide bonds. The minimum atomic E-state index is -3.99. The van der Waals surface area contributed by atoms with Crippen LogP contribution < -0.4 is 9.46 Å². The molecule has 188 valence electrons. The van der Waals surface area contributed by atoms with Crippen LogP contribution in [0.25, 0.3) is 0 Å². The van der Waals surface area contributed by atoms with E-state index in [0.29, 0.717) is 11.3 Å². The average molecular weight is 523 g/mol. The summed E-state index contributed by atoms with van der Waals surface area (Å²) in [5.41, 5.74) is 1.39. The maximum Gasteiger partial charge on any atom is 0.322 e. The van der Waals surface area contributed by atoms with Crippen molar-refractivity contribution in [1.82, 2.24) is 13.9 Å². The molecule has 0 aliphatic carbocycles. The molecule has 1 aliphatic heterocycles. The number of hydrogen-bond donors (Lipinski definition) is 2. The number of aliphatic carboxylic acids is 1. The minimum absolute atomic E-state index is 0.0470. The number of benzene rings is 2. The van der Waals surface area contributed by atoms with Crippen molar-refractivity contribution in [2.75, 3.05) is 39.0 Å². The second-order valence-electron chi connectivity index (χ2n) is 7.97. The van der Waals surface area contributed by atoms with Gasteiger partial charge >= 0.3 is 5.97 Å². The highest BCUT2D eigenvalue weighted by atomic mass is 32.2. The highest BCUT2D eigenvalue weighted by Gasteiger charge is 2.32. The summed E-state index contributed by atoms with van der Waals surface area (Å²) in [6, 6.07) is 13.5. The molecule has 2 aromatic carbocycles. The Morgan fingerprint density at radius 2 is 1.66 bits per heavy atom. The third-order valence-corrected chi connectivity index (χ3v) is 8.30. The molecular formula is C22H26N4O7S2. The number of piperazine rings is 1. The number of nitrogens with one attached hydrogen (secondary N) is 1. The maximum absolute atomic E-state index is 12.7. The van der Waals surface area contributed by atoms with Crippen LogP contribution in [0.4, 0.5) is 0 Å². The zero-order valence-corrected chi connectivity index (χ0v) is 20.6. The molecule has 0 saturated carbocycles. The van der Waals surface area contributed by atoms with Gasteiger partial charge in [0.15, 0.2) is 0 Å². The van der Waals surface area contributed by atoms with E-state index in [4.69, 9.17) is 10.00 Å². The van der Waals surface area contributed by atoms with Gasteiger partial charge in [0, 0.05) is 32.7 Å². The Morgan fingerprint density at radius 1 is 1.06 bits per heavy atom. The van der Waals surface area contributed by atoms with Crippen LogP contribution in [0.2, 0.25) is 0 Å². The molecule has 0 radical (unpaired) electrons. The zero-order chi connectivity index (χ0) is 25.6. The van der Waals surface area contributed by atoms with Crippen molar-refractivity contribution in [3.05, 3.63) is 59.7 Å². The SMILES string of the molecule is CS(=O)(=O)N1CCN(C(CNS(=O)(=O)c2ccc(OCc3ccc(C#N)cc3)cc2)C(=O)O)CC1.